The summed E-state index contributed by atoms with van der Waals surface area (Å²) in [6.07, 6.45) is 2.18. The number of likely N-dealkylation sites (tertiary alicyclic amines) is 1. The molecule has 1 atom stereocenters. The number of piperidine rings is 1. The number of benzene rings is 1. The second-order valence-electron chi connectivity index (χ2n) is 4.95. The average Bonchev–Trinajstić information content (AvgIpc) is 2.42. The fourth-order valence-corrected chi connectivity index (χ4v) is 2.90. The van der Waals surface area contributed by atoms with E-state index in [0.717, 1.165) is 32.5 Å². The molecule has 112 valence electrons. The first kappa shape index (κ1) is 17.4. The van der Waals surface area contributed by atoms with Crippen molar-refractivity contribution in [3.63, 3.8) is 0 Å². The molecule has 1 saturated heterocycles. The maximum atomic E-state index is 13.2. The van der Waals surface area contributed by atoms with Crippen molar-refractivity contribution >= 4 is 34.2 Å². The number of hydrogen-bond donors (Lipinski definition) is 1. The van der Waals surface area contributed by atoms with Gasteiger partial charge in [0.05, 0.1) is 4.47 Å². The first-order valence-corrected chi connectivity index (χ1v) is 7.30. The van der Waals surface area contributed by atoms with Crippen LogP contribution in [0.2, 0.25) is 0 Å². The lowest BCUT2D eigenvalue weighted by Crippen LogP contribution is -2.42. The molecule has 1 heterocycles. The number of nitrogens with one attached hydrogen (secondary N) is 1. The summed E-state index contributed by atoms with van der Waals surface area (Å²) >= 11 is 3.12. The van der Waals surface area contributed by atoms with Crippen LogP contribution in [-0.2, 0) is 0 Å². The highest BCUT2D eigenvalue weighted by Gasteiger charge is 2.24. The van der Waals surface area contributed by atoms with Crippen LogP contribution in [0.5, 0.6) is 0 Å². The number of rotatable bonds is 3. The van der Waals surface area contributed by atoms with E-state index in [1.807, 2.05) is 11.9 Å². The van der Waals surface area contributed by atoms with Gasteiger partial charge in [-0.1, -0.05) is 0 Å². The molecular formula is C14H19BrClFN2O. The van der Waals surface area contributed by atoms with Crippen molar-refractivity contribution in [2.24, 2.45) is 5.92 Å². The van der Waals surface area contributed by atoms with Crippen LogP contribution in [0.4, 0.5) is 4.39 Å². The van der Waals surface area contributed by atoms with Crippen molar-refractivity contribution in [2.45, 2.75) is 12.8 Å². The molecule has 0 spiro atoms. The van der Waals surface area contributed by atoms with Gasteiger partial charge in [-0.05, 0) is 66.5 Å². The van der Waals surface area contributed by atoms with Crippen LogP contribution < -0.4 is 5.32 Å². The van der Waals surface area contributed by atoms with Gasteiger partial charge < -0.3 is 10.2 Å². The second-order valence-corrected chi connectivity index (χ2v) is 5.80. The molecule has 1 aromatic carbocycles. The van der Waals surface area contributed by atoms with Crippen molar-refractivity contribution in [3.05, 3.63) is 34.1 Å². The van der Waals surface area contributed by atoms with Crippen LogP contribution in [0.15, 0.2) is 22.7 Å². The lowest BCUT2D eigenvalue weighted by Gasteiger charge is -2.32. The minimum Gasteiger partial charge on any atom is -0.338 e. The Labute approximate surface area is 133 Å². The minimum absolute atomic E-state index is 0. The number of amides is 1. The summed E-state index contributed by atoms with van der Waals surface area (Å²) in [5, 5.41) is 3.16. The summed E-state index contributed by atoms with van der Waals surface area (Å²) in [4.78, 5) is 14.2. The first-order valence-electron chi connectivity index (χ1n) is 6.50. The Morgan fingerprint density at radius 1 is 1.55 bits per heavy atom. The molecule has 0 bridgehead atoms. The molecule has 1 aromatic rings. The highest BCUT2D eigenvalue weighted by Crippen LogP contribution is 2.21. The predicted octanol–water partition coefficient (Wildman–Crippen LogP) is 3.08. The quantitative estimate of drug-likeness (QED) is 0.893. The molecule has 3 nitrogen and oxygen atoms in total. The van der Waals surface area contributed by atoms with E-state index < -0.39 is 0 Å². The van der Waals surface area contributed by atoms with Gasteiger partial charge in [0, 0.05) is 18.7 Å². The zero-order valence-electron chi connectivity index (χ0n) is 11.4. The van der Waals surface area contributed by atoms with E-state index in [-0.39, 0.29) is 24.1 Å². The van der Waals surface area contributed by atoms with Crippen molar-refractivity contribution in [2.75, 3.05) is 26.7 Å². The van der Waals surface area contributed by atoms with Gasteiger partial charge in [0.2, 0.25) is 0 Å². The Hall–Kier alpha value is -0.650. The molecule has 1 fully saturated rings. The Balaban J connectivity index is 0.00000200. The van der Waals surface area contributed by atoms with Gasteiger partial charge in [-0.2, -0.15) is 0 Å². The zero-order valence-corrected chi connectivity index (χ0v) is 13.8. The smallest absolute Gasteiger partial charge is 0.253 e. The number of carbonyl (C=O) groups excluding carboxylic acids is 1. The van der Waals surface area contributed by atoms with Crippen LogP contribution in [0.3, 0.4) is 0 Å². The maximum absolute atomic E-state index is 13.2. The average molecular weight is 366 g/mol. The fraction of sp³-hybridized carbons (Fsp3) is 0.500. The molecule has 1 N–H and O–H groups in total. The molecule has 20 heavy (non-hydrogen) atoms. The van der Waals surface area contributed by atoms with Crippen LogP contribution in [0.1, 0.15) is 23.2 Å². The maximum Gasteiger partial charge on any atom is 0.253 e. The van der Waals surface area contributed by atoms with Crippen molar-refractivity contribution < 1.29 is 9.18 Å². The first-order chi connectivity index (χ1) is 9.11. The van der Waals surface area contributed by atoms with Crippen LogP contribution >= 0.6 is 28.3 Å². The second kappa shape index (κ2) is 7.96. The number of nitrogens with zero attached hydrogens (tertiary/aromatic N) is 1. The summed E-state index contributed by atoms with van der Waals surface area (Å²) in [5.74, 6) is 0.149. The highest BCUT2D eigenvalue weighted by atomic mass is 79.9. The zero-order chi connectivity index (χ0) is 13.8. The van der Waals surface area contributed by atoms with Gasteiger partial charge in [0.15, 0.2) is 0 Å². The lowest BCUT2D eigenvalue weighted by atomic mass is 9.97. The molecular weight excluding hydrogens is 347 g/mol. The molecule has 0 aromatic heterocycles. The van der Waals surface area contributed by atoms with Crippen molar-refractivity contribution in [3.8, 4) is 0 Å². The summed E-state index contributed by atoms with van der Waals surface area (Å²) in [6.45, 7) is 2.49. The predicted molar refractivity (Wildman–Crippen MR) is 83.9 cm³/mol. The third-order valence-electron chi connectivity index (χ3n) is 3.47. The van der Waals surface area contributed by atoms with Crippen LogP contribution in [0.25, 0.3) is 0 Å². The van der Waals surface area contributed by atoms with Gasteiger partial charge >= 0.3 is 0 Å². The Morgan fingerprint density at radius 3 is 2.95 bits per heavy atom. The van der Waals surface area contributed by atoms with Gasteiger partial charge in [0.25, 0.3) is 5.91 Å². The molecule has 0 saturated carbocycles. The number of carbonyl (C=O) groups is 1. The molecule has 1 unspecified atom stereocenters. The van der Waals surface area contributed by atoms with E-state index in [1.165, 1.54) is 6.07 Å². The third kappa shape index (κ3) is 4.17. The van der Waals surface area contributed by atoms with Crippen molar-refractivity contribution in [1.29, 1.82) is 0 Å². The Kier molecular flexibility index (Phi) is 6.92. The monoisotopic (exact) mass is 364 g/mol. The van der Waals surface area contributed by atoms with Crippen molar-refractivity contribution in [1.82, 2.24) is 10.2 Å². The molecule has 0 aliphatic carbocycles. The SMILES string of the molecule is CNCC1CCCN(C(=O)c2ccc(F)c(Br)c2)C1.Cl. The molecule has 0 radical (unpaired) electrons. The number of halogens is 3. The lowest BCUT2D eigenvalue weighted by molar-refractivity contribution is 0.0674. The third-order valence-corrected chi connectivity index (χ3v) is 4.07. The van der Waals surface area contributed by atoms with E-state index in [1.54, 1.807) is 12.1 Å². The largest absolute Gasteiger partial charge is 0.338 e. The van der Waals surface area contributed by atoms with Gasteiger partial charge in [-0.15, -0.1) is 12.4 Å². The van der Waals surface area contributed by atoms with Gasteiger partial charge in [0.1, 0.15) is 5.82 Å². The van der Waals surface area contributed by atoms with E-state index >= 15 is 0 Å². The van der Waals surface area contributed by atoms with E-state index in [4.69, 9.17) is 0 Å². The number of hydrogen-bond acceptors (Lipinski definition) is 2. The fourth-order valence-electron chi connectivity index (χ4n) is 2.52. The molecule has 6 heteroatoms. The topological polar surface area (TPSA) is 32.3 Å². The molecule has 2 rings (SSSR count). The van der Waals surface area contributed by atoms with Crippen LogP contribution in [0, 0.1) is 11.7 Å². The van der Waals surface area contributed by atoms with Crippen LogP contribution in [-0.4, -0.2) is 37.5 Å². The van der Waals surface area contributed by atoms with Gasteiger partial charge in [-0.3, -0.25) is 4.79 Å². The Morgan fingerprint density at radius 2 is 2.30 bits per heavy atom. The summed E-state index contributed by atoms with van der Waals surface area (Å²) in [7, 11) is 1.93. The summed E-state index contributed by atoms with van der Waals surface area (Å²) < 4.78 is 13.5. The van der Waals surface area contributed by atoms with E-state index in [9.17, 15) is 9.18 Å². The Bertz CT molecular complexity index is 470. The van der Waals surface area contributed by atoms with E-state index in [2.05, 4.69) is 21.2 Å². The minimum atomic E-state index is -0.344. The summed E-state index contributed by atoms with van der Waals surface area (Å²) in [5.41, 5.74) is 0.540. The summed E-state index contributed by atoms with van der Waals surface area (Å²) in [6, 6.07) is 4.43. The van der Waals surface area contributed by atoms with Gasteiger partial charge in [-0.25, -0.2) is 4.39 Å². The highest BCUT2D eigenvalue weighted by molar-refractivity contribution is 9.10. The molecule has 1 aliphatic heterocycles. The standard InChI is InChI=1S/C14H18BrFN2O.ClH/c1-17-8-10-3-2-6-18(9-10)14(19)11-4-5-13(16)12(15)7-11;/h4-5,7,10,17H,2-3,6,8-9H2,1H3;1H. The normalized spacial score (nSPS) is 18.6. The molecule has 1 amide bonds. The molecule has 1 aliphatic rings. The van der Waals surface area contributed by atoms with E-state index in [0.29, 0.717) is 16.0 Å².